The third kappa shape index (κ3) is 1.55. The molecule has 0 saturated carbocycles. The largest absolute Gasteiger partial charge is 0.245 e. The van der Waals surface area contributed by atoms with Crippen LogP contribution >= 0.6 is 11.3 Å². The molecule has 0 fully saturated rings. The number of aryl methyl sites for hydroxylation is 1. The van der Waals surface area contributed by atoms with E-state index in [0.717, 1.165) is 5.52 Å². The third-order valence-electron chi connectivity index (χ3n) is 2.48. The monoisotopic (exact) mass is 205 g/mol. The molecule has 14 heavy (non-hydrogen) atoms. The number of fused-ring (bicyclic) bond motifs is 1. The lowest BCUT2D eigenvalue weighted by atomic mass is 9.86. The molecular weight excluding hydrogens is 190 g/mol. The molecule has 0 saturated heterocycles. The number of thiazole rings is 1. The van der Waals surface area contributed by atoms with Crippen molar-refractivity contribution >= 4 is 21.6 Å². The van der Waals surface area contributed by atoms with E-state index < -0.39 is 0 Å². The number of benzene rings is 1. The van der Waals surface area contributed by atoms with Gasteiger partial charge in [-0.25, -0.2) is 4.98 Å². The maximum Gasteiger partial charge on any atom is 0.0817 e. The van der Waals surface area contributed by atoms with Gasteiger partial charge in [-0.05, 0) is 29.5 Å². The predicted octanol–water partition coefficient (Wildman–Crippen LogP) is 3.90. The smallest absolute Gasteiger partial charge is 0.0817 e. The van der Waals surface area contributed by atoms with Gasteiger partial charge in [-0.2, -0.15) is 0 Å². The summed E-state index contributed by atoms with van der Waals surface area (Å²) < 4.78 is 1.32. The first-order chi connectivity index (χ1) is 6.48. The average molecular weight is 205 g/mol. The van der Waals surface area contributed by atoms with Crippen LogP contribution in [0.2, 0.25) is 0 Å². The summed E-state index contributed by atoms with van der Waals surface area (Å²) in [6.45, 7) is 8.87. The molecule has 0 aliphatic carbocycles. The van der Waals surface area contributed by atoms with Gasteiger partial charge in [0.25, 0.3) is 0 Å². The molecule has 0 aliphatic heterocycles. The lowest BCUT2D eigenvalue weighted by molar-refractivity contribution is 0.590. The molecule has 2 rings (SSSR count). The van der Waals surface area contributed by atoms with Gasteiger partial charge in [-0.15, -0.1) is 11.3 Å². The Kier molecular flexibility index (Phi) is 2.11. The second-order valence-corrected chi connectivity index (χ2v) is 5.60. The Morgan fingerprint density at radius 3 is 2.57 bits per heavy atom. The molecule has 1 heterocycles. The number of hydrogen-bond acceptors (Lipinski definition) is 2. The topological polar surface area (TPSA) is 12.9 Å². The van der Waals surface area contributed by atoms with Gasteiger partial charge in [0.05, 0.1) is 15.7 Å². The molecule has 0 bridgehead atoms. The van der Waals surface area contributed by atoms with E-state index in [-0.39, 0.29) is 5.41 Å². The number of aromatic nitrogens is 1. The van der Waals surface area contributed by atoms with Crippen LogP contribution in [0.1, 0.15) is 31.9 Å². The van der Waals surface area contributed by atoms with E-state index in [1.165, 1.54) is 15.8 Å². The fourth-order valence-electron chi connectivity index (χ4n) is 1.57. The van der Waals surface area contributed by atoms with Crippen molar-refractivity contribution in [3.05, 3.63) is 28.8 Å². The van der Waals surface area contributed by atoms with Crippen LogP contribution in [0.15, 0.2) is 17.6 Å². The summed E-state index contributed by atoms with van der Waals surface area (Å²) in [6, 6.07) is 4.49. The normalized spacial score (nSPS) is 12.3. The van der Waals surface area contributed by atoms with Crippen molar-refractivity contribution in [1.29, 1.82) is 0 Å². The number of nitrogens with zero attached hydrogens (tertiary/aromatic N) is 1. The highest BCUT2D eigenvalue weighted by atomic mass is 32.1. The highest BCUT2D eigenvalue weighted by Gasteiger charge is 2.15. The summed E-state index contributed by atoms with van der Waals surface area (Å²) in [7, 11) is 0. The fraction of sp³-hybridized carbons (Fsp3) is 0.417. The van der Waals surface area contributed by atoms with Crippen LogP contribution < -0.4 is 0 Å². The van der Waals surface area contributed by atoms with Gasteiger partial charge >= 0.3 is 0 Å². The van der Waals surface area contributed by atoms with Crippen molar-refractivity contribution in [2.45, 2.75) is 33.1 Å². The summed E-state index contributed by atoms with van der Waals surface area (Å²) in [5.74, 6) is 0. The Balaban J connectivity index is 2.70. The van der Waals surface area contributed by atoms with Crippen molar-refractivity contribution in [2.75, 3.05) is 0 Å². The maximum atomic E-state index is 4.37. The van der Waals surface area contributed by atoms with Gasteiger partial charge in [0.1, 0.15) is 0 Å². The van der Waals surface area contributed by atoms with Crippen molar-refractivity contribution in [1.82, 2.24) is 4.98 Å². The van der Waals surface area contributed by atoms with Gasteiger partial charge in [0, 0.05) is 0 Å². The Morgan fingerprint density at radius 1 is 1.21 bits per heavy atom. The first-order valence-electron chi connectivity index (χ1n) is 4.83. The molecule has 0 atom stereocenters. The minimum absolute atomic E-state index is 0.211. The van der Waals surface area contributed by atoms with E-state index in [2.05, 4.69) is 44.8 Å². The number of rotatable bonds is 0. The second kappa shape index (κ2) is 3.06. The van der Waals surface area contributed by atoms with E-state index >= 15 is 0 Å². The molecule has 1 aromatic carbocycles. The van der Waals surface area contributed by atoms with Crippen LogP contribution in [0, 0.1) is 6.92 Å². The first-order valence-corrected chi connectivity index (χ1v) is 5.71. The van der Waals surface area contributed by atoms with Crippen molar-refractivity contribution in [2.24, 2.45) is 0 Å². The van der Waals surface area contributed by atoms with E-state index in [1.54, 1.807) is 11.3 Å². The molecule has 0 radical (unpaired) electrons. The molecule has 0 amide bonds. The van der Waals surface area contributed by atoms with Crippen molar-refractivity contribution < 1.29 is 0 Å². The highest BCUT2D eigenvalue weighted by molar-refractivity contribution is 7.16. The summed E-state index contributed by atoms with van der Waals surface area (Å²) in [4.78, 5) is 4.37. The van der Waals surface area contributed by atoms with E-state index in [1.807, 2.05) is 5.51 Å². The second-order valence-electron chi connectivity index (χ2n) is 4.74. The molecule has 0 unspecified atom stereocenters. The zero-order valence-electron chi connectivity index (χ0n) is 9.09. The van der Waals surface area contributed by atoms with Crippen LogP contribution in [0.25, 0.3) is 10.2 Å². The Morgan fingerprint density at radius 2 is 1.93 bits per heavy atom. The van der Waals surface area contributed by atoms with Gasteiger partial charge in [-0.1, -0.05) is 26.8 Å². The molecule has 0 aliphatic rings. The molecule has 0 spiro atoms. The molecule has 1 nitrogen and oxygen atoms in total. The van der Waals surface area contributed by atoms with Gasteiger partial charge in [0.2, 0.25) is 0 Å². The zero-order valence-corrected chi connectivity index (χ0v) is 9.90. The molecule has 2 aromatic rings. The molecule has 0 N–H and O–H groups in total. The van der Waals surface area contributed by atoms with Crippen LogP contribution in [0.4, 0.5) is 0 Å². The van der Waals surface area contributed by atoms with Crippen LogP contribution in [0.5, 0.6) is 0 Å². The molecule has 74 valence electrons. The fourth-order valence-corrected chi connectivity index (χ4v) is 2.32. The maximum absolute atomic E-state index is 4.37. The van der Waals surface area contributed by atoms with E-state index in [0.29, 0.717) is 0 Å². The van der Waals surface area contributed by atoms with Crippen molar-refractivity contribution in [3.8, 4) is 0 Å². The minimum Gasteiger partial charge on any atom is -0.245 e. The summed E-state index contributed by atoms with van der Waals surface area (Å²) in [5.41, 5.74) is 5.98. The zero-order chi connectivity index (χ0) is 10.3. The van der Waals surface area contributed by atoms with E-state index in [4.69, 9.17) is 0 Å². The lowest BCUT2D eigenvalue weighted by Crippen LogP contribution is -2.11. The summed E-state index contributed by atoms with van der Waals surface area (Å²) >= 11 is 1.72. The molecular formula is C12H15NS. The Labute approximate surface area is 88.8 Å². The summed E-state index contributed by atoms with van der Waals surface area (Å²) in [6.07, 6.45) is 0. The Bertz CT molecular complexity index is 463. The summed E-state index contributed by atoms with van der Waals surface area (Å²) in [5, 5.41) is 0. The minimum atomic E-state index is 0.211. The van der Waals surface area contributed by atoms with Gasteiger partial charge in [0.15, 0.2) is 0 Å². The Hall–Kier alpha value is -0.890. The van der Waals surface area contributed by atoms with Crippen LogP contribution in [-0.2, 0) is 5.41 Å². The predicted molar refractivity (Wildman–Crippen MR) is 63.1 cm³/mol. The number of hydrogen-bond donors (Lipinski definition) is 0. The lowest BCUT2D eigenvalue weighted by Gasteiger charge is -2.19. The van der Waals surface area contributed by atoms with Crippen LogP contribution in [0.3, 0.4) is 0 Å². The van der Waals surface area contributed by atoms with E-state index in [9.17, 15) is 0 Å². The molecule has 1 aromatic heterocycles. The first kappa shape index (κ1) is 9.66. The highest BCUT2D eigenvalue weighted by Crippen LogP contribution is 2.29. The van der Waals surface area contributed by atoms with Gasteiger partial charge < -0.3 is 0 Å². The average Bonchev–Trinajstić information content (AvgIpc) is 2.50. The van der Waals surface area contributed by atoms with Gasteiger partial charge in [-0.3, -0.25) is 0 Å². The van der Waals surface area contributed by atoms with Crippen LogP contribution in [-0.4, -0.2) is 4.98 Å². The standard InChI is InChI=1S/C12H15NS/c1-8-5-9(12(2,3)4)6-10-11(8)14-7-13-10/h5-7H,1-4H3. The quantitative estimate of drug-likeness (QED) is 0.635. The third-order valence-corrected chi connectivity index (χ3v) is 3.46. The SMILES string of the molecule is Cc1cc(C(C)(C)C)cc2ncsc12. The van der Waals surface area contributed by atoms with Crippen molar-refractivity contribution in [3.63, 3.8) is 0 Å². The molecule has 2 heteroatoms.